The van der Waals surface area contributed by atoms with Gasteiger partial charge in [0, 0.05) is 6.54 Å². The maximum absolute atomic E-state index is 12.3. The molecule has 1 N–H and O–H groups in total. The highest BCUT2D eigenvalue weighted by Crippen LogP contribution is 2.28. The molecule has 2 aromatic rings. The molecule has 0 aliphatic rings. The van der Waals surface area contributed by atoms with Crippen molar-refractivity contribution in [3.63, 3.8) is 0 Å². The smallest absolute Gasteiger partial charge is 0.261 e. The zero-order valence-corrected chi connectivity index (χ0v) is 16.0. The lowest BCUT2D eigenvalue weighted by atomic mass is 10.1. The van der Waals surface area contributed by atoms with Gasteiger partial charge in [-0.05, 0) is 42.2 Å². The highest BCUT2D eigenvalue weighted by molar-refractivity contribution is 6.01. The predicted molar refractivity (Wildman–Crippen MR) is 105 cm³/mol. The Kier molecular flexibility index (Phi) is 8.27. The Labute approximate surface area is 169 Å². The summed E-state index contributed by atoms with van der Waals surface area (Å²) in [6.07, 6.45) is 3.02. The van der Waals surface area contributed by atoms with Crippen molar-refractivity contribution in [2.24, 2.45) is 0 Å². The summed E-state index contributed by atoms with van der Waals surface area (Å²) in [6.45, 7) is -0.160. The summed E-state index contributed by atoms with van der Waals surface area (Å²) in [4.78, 5) is 22.8. The summed E-state index contributed by atoms with van der Waals surface area (Å²) in [5.74, 6) is -1.32. The minimum atomic E-state index is -1.35. The topological polar surface area (TPSA) is 111 Å². The van der Waals surface area contributed by atoms with Gasteiger partial charge in [-0.2, -0.15) is 5.26 Å². The van der Waals surface area contributed by atoms with Gasteiger partial charge >= 0.3 is 0 Å². The fraction of sp³-hybridized carbons (Fsp3) is 0.227. The van der Waals surface area contributed by atoms with Gasteiger partial charge in [-0.25, -0.2) is 0 Å². The first kappa shape index (κ1) is 21.5. The number of nitrogens with one attached hydrogen (secondary N) is 1. The molecule has 0 atom stereocenters. The highest BCUT2D eigenvalue weighted by atomic mass is 16.5. The number of hydrogen-bond donors (Lipinski definition) is 1. The van der Waals surface area contributed by atoms with Gasteiger partial charge in [0.1, 0.15) is 18.2 Å². The van der Waals surface area contributed by atoms with E-state index in [4.69, 9.17) is 9.47 Å². The maximum Gasteiger partial charge on any atom is 0.261 e. The van der Waals surface area contributed by atoms with Crippen LogP contribution < -0.4 is 19.9 Å². The molecular weight excluding hydrogens is 372 g/mol. The van der Waals surface area contributed by atoms with Crippen molar-refractivity contribution in [3.8, 4) is 17.6 Å². The molecule has 0 unspecified atom stereocenters. The van der Waals surface area contributed by atoms with Gasteiger partial charge in [-0.3, -0.25) is 4.79 Å². The number of amides is 1. The number of nitriles is 1. The van der Waals surface area contributed by atoms with E-state index in [-0.39, 0.29) is 17.1 Å². The Hall–Kier alpha value is -3.79. The average molecular weight is 393 g/mol. The van der Waals surface area contributed by atoms with Gasteiger partial charge in [-0.15, -0.1) is 0 Å². The van der Waals surface area contributed by atoms with Crippen molar-refractivity contribution in [2.75, 3.05) is 20.3 Å². The number of nitrogens with zero attached hydrogens (tertiary/aromatic N) is 1. The summed E-state index contributed by atoms with van der Waals surface area (Å²) in [7, 11) is 1.40. The number of carboxylic acid groups (broad SMARTS) is 1. The molecule has 0 bridgehead atoms. The second-order valence-corrected chi connectivity index (χ2v) is 6.09. The third-order valence-corrected chi connectivity index (χ3v) is 3.98. The van der Waals surface area contributed by atoms with Crippen LogP contribution in [-0.4, -0.2) is 32.1 Å². The third-order valence-electron chi connectivity index (χ3n) is 3.98. The number of rotatable bonds is 10. The van der Waals surface area contributed by atoms with Gasteiger partial charge in [0.25, 0.3) is 5.91 Å². The minimum absolute atomic E-state index is 0.0461. The Balaban J connectivity index is 1.97. The SMILES string of the molecule is COc1cc(/C=C(/C#N)C(=O)NCCCc2ccccc2)ccc1OCC(=O)[O-]. The molecular formula is C22H21N2O5-. The van der Waals surface area contributed by atoms with Crippen LogP contribution in [0.1, 0.15) is 17.5 Å². The lowest BCUT2D eigenvalue weighted by molar-refractivity contribution is -0.307. The Morgan fingerprint density at radius 3 is 2.59 bits per heavy atom. The van der Waals surface area contributed by atoms with Crippen molar-refractivity contribution >= 4 is 18.0 Å². The molecule has 7 heteroatoms. The van der Waals surface area contributed by atoms with Crippen LogP contribution in [0.5, 0.6) is 11.5 Å². The van der Waals surface area contributed by atoms with Crippen molar-refractivity contribution in [3.05, 3.63) is 65.2 Å². The van der Waals surface area contributed by atoms with Gasteiger partial charge < -0.3 is 24.7 Å². The van der Waals surface area contributed by atoms with E-state index in [0.29, 0.717) is 12.1 Å². The maximum atomic E-state index is 12.3. The monoisotopic (exact) mass is 393 g/mol. The van der Waals surface area contributed by atoms with Crippen LogP contribution in [0.15, 0.2) is 54.1 Å². The van der Waals surface area contributed by atoms with Crippen molar-refractivity contribution in [2.45, 2.75) is 12.8 Å². The Morgan fingerprint density at radius 2 is 1.93 bits per heavy atom. The Morgan fingerprint density at radius 1 is 1.17 bits per heavy atom. The van der Waals surface area contributed by atoms with Crippen molar-refractivity contribution < 1.29 is 24.2 Å². The molecule has 0 fully saturated rings. The van der Waals surface area contributed by atoms with Gasteiger partial charge in [0.2, 0.25) is 0 Å². The number of carbonyl (C=O) groups excluding carboxylic acids is 2. The number of carboxylic acids is 1. The second kappa shape index (κ2) is 11.1. The largest absolute Gasteiger partial charge is 0.546 e. The molecule has 29 heavy (non-hydrogen) atoms. The summed E-state index contributed by atoms with van der Waals surface area (Å²) in [5, 5.41) is 22.6. The second-order valence-electron chi connectivity index (χ2n) is 6.09. The van der Waals surface area contributed by atoms with Gasteiger partial charge in [-0.1, -0.05) is 36.4 Å². The van der Waals surface area contributed by atoms with Crippen LogP contribution in [0.2, 0.25) is 0 Å². The van der Waals surface area contributed by atoms with Crippen LogP contribution in [0.25, 0.3) is 6.08 Å². The molecule has 0 aliphatic carbocycles. The van der Waals surface area contributed by atoms with E-state index >= 15 is 0 Å². The zero-order valence-electron chi connectivity index (χ0n) is 16.0. The van der Waals surface area contributed by atoms with E-state index in [0.717, 1.165) is 12.8 Å². The summed E-state index contributed by atoms with van der Waals surface area (Å²) < 4.78 is 10.2. The molecule has 0 saturated carbocycles. The lowest BCUT2D eigenvalue weighted by Gasteiger charge is -2.11. The number of aliphatic carboxylic acids is 1. The molecule has 0 aromatic heterocycles. The third kappa shape index (κ3) is 7.03. The number of benzene rings is 2. The molecule has 1 amide bonds. The number of hydrogen-bond acceptors (Lipinski definition) is 6. The standard InChI is InChI=1S/C22H22N2O5/c1-28-20-13-17(9-10-19(20)29-15-21(25)26)12-18(14-23)22(27)24-11-5-8-16-6-3-2-4-7-16/h2-4,6-7,9-10,12-13H,5,8,11,15H2,1H3,(H,24,27)(H,25,26)/p-1/b18-12-. The molecule has 0 heterocycles. The molecule has 0 saturated heterocycles. The van der Waals surface area contributed by atoms with Gasteiger partial charge in [0.15, 0.2) is 11.5 Å². The van der Waals surface area contributed by atoms with E-state index in [1.807, 2.05) is 36.4 Å². The summed E-state index contributed by atoms with van der Waals surface area (Å²) >= 11 is 0. The van der Waals surface area contributed by atoms with E-state index in [1.165, 1.54) is 24.8 Å². The van der Waals surface area contributed by atoms with Crippen LogP contribution in [-0.2, 0) is 16.0 Å². The van der Waals surface area contributed by atoms with Crippen LogP contribution in [0.4, 0.5) is 0 Å². The summed E-state index contributed by atoms with van der Waals surface area (Å²) in [5.41, 5.74) is 1.68. The normalized spacial score (nSPS) is 10.7. The fourth-order valence-corrected chi connectivity index (χ4v) is 2.58. The molecule has 0 spiro atoms. The lowest BCUT2D eigenvalue weighted by Crippen LogP contribution is -2.29. The van der Waals surface area contributed by atoms with Crippen LogP contribution in [0.3, 0.4) is 0 Å². The molecule has 150 valence electrons. The van der Waals surface area contributed by atoms with E-state index in [9.17, 15) is 20.0 Å². The number of aryl methyl sites for hydroxylation is 1. The van der Waals surface area contributed by atoms with E-state index < -0.39 is 18.5 Å². The predicted octanol–water partition coefficient (Wildman–Crippen LogP) is 1.48. The van der Waals surface area contributed by atoms with E-state index in [2.05, 4.69) is 5.32 Å². The van der Waals surface area contributed by atoms with E-state index in [1.54, 1.807) is 12.1 Å². The Bertz CT molecular complexity index is 917. The fourth-order valence-electron chi connectivity index (χ4n) is 2.58. The first-order valence-corrected chi connectivity index (χ1v) is 8.98. The highest BCUT2D eigenvalue weighted by Gasteiger charge is 2.10. The van der Waals surface area contributed by atoms with Crippen LogP contribution in [0, 0.1) is 11.3 Å². The number of carbonyl (C=O) groups is 2. The molecule has 7 nitrogen and oxygen atoms in total. The minimum Gasteiger partial charge on any atom is -0.546 e. The average Bonchev–Trinajstić information content (AvgIpc) is 2.74. The zero-order chi connectivity index (χ0) is 21.1. The molecule has 0 radical (unpaired) electrons. The van der Waals surface area contributed by atoms with Crippen molar-refractivity contribution in [1.29, 1.82) is 5.26 Å². The molecule has 2 rings (SSSR count). The molecule has 0 aliphatic heterocycles. The molecule has 2 aromatic carbocycles. The quantitative estimate of drug-likeness (QED) is 0.372. The van der Waals surface area contributed by atoms with Crippen LogP contribution >= 0.6 is 0 Å². The number of methoxy groups -OCH3 is 1. The summed E-state index contributed by atoms with van der Waals surface area (Å²) in [6, 6.07) is 16.5. The first-order valence-electron chi connectivity index (χ1n) is 8.98. The van der Waals surface area contributed by atoms with Gasteiger partial charge in [0.05, 0.1) is 13.1 Å². The first-order chi connectivity index (χ1) is 14.0. The van der Waals surface area contributed by atoms with Crippen molar-refractivity contribution in [1.82, 2.24) is 5.32 Å². The number of ether oxygens (including phenoxy) is 2.